The van der Waals surface area contributed by atoms with Gasteiger partial charge in [-0.25, -0.2) is 0 Å². The van der Waals surface area contributed by atoms with Gasteiger partial charge in [0.05, 0.1) is 0 Å². The molecule has 1 saturated heterocycles. The van der Waals surface area contributed by atoms with Gasteiger partial charge >= 0.3 is 0 Å². The van der Waals surface area contributed by atoms with E-state index in [0.29, 0.717) is 0 Å². The summed E-state index contributed by atoms with van der Waals surface area (Å²) in [6.45, 7) is 9.39. The van der Waals surface area contributed by atoms with Crippen LogP contribution in [-0.4, -0.2) is 54.1 Å². The number of benzene rings is 1. The molecular weight excluding hydrogens is 258 g/mol. The SMILES string of the molecule is CCn1ccc2ccc(CCCN3CCN(C)CC3)cc21. The third-order valence-electron chi connectivity index (χ3n) is 4.71. The van der Waals surface area contributed by atoms with Gasteiger partial charge in [-0.2, -0.15) is 0 Å². The molecule has 3 rings (SSSR count). The highest BCUT2D eigenvalue weighted by atomic mass is 15.2. The molecule has 0 N–H and O–H groups in total. The quantitative estimate of drug-likeness (QED) is 0.837. The van der Waals surface area contributed by atoms with Crippen LogP contribution in [0.1, 0.15) is 18.9 Å². The number of aromatic nitrogens is 1. The van der Waals surface area contributed by atoms with E-state index < -0.39 is 0 Å². The zero-order valence-corrected chi connectivity index (χ0v) is 13.4. The highest BCUT2D eigenvalue weighted by Gasteiger charge is 2.12. The summed E-state index contributed by atoms with van der Waals surface area (Å²) in [5, 5.41) is 1.36. The summed E-state index contributed by atoms with van der Waals surface area (Å²) in [5.74, 6) is 0. The first-order chi connectivity index (χ1) is 10.3. The lowest BCUT2D eigenvalue weighted by Crippen LogP contribution is -2.44. The smallest absolute Gasteiger partial charge is 0.0482 e. The third-order valence-corrected chi connectivity index (χ3v) is 4.71. The van der Waals surface area contributed by atoms with Crippen LogP contribution in [0.2, 0.25) is 0 Å². The average molecular weight is 285 g/mol. The van der Waals surface area contributed by atoms with Crippen LogP contribution in [0.5, 0.6) is 0 Å². The van der Waals surface area contributed by atoms with Crippen molar-refractivity contribution in [3.8, 4) is 0 Å². The number of nitrogens with zero attached hydrogens (tertiary/aromatic N) is 3. The molecule has 0 saturated carbocycles. The molecule has 1 aliphatic heterocycles. The molecule has 0 radical (unpaired) electrons. The third kappa shape index (κ3) is 3.47. The van der Waals surface area contributed by atoms with E-state index in [9.17, 15) is 0 Å². The van der Waals surface area contributed by atoms with Crippen molar-refractivity contribution in [3.05, 3.63) is 36.0 Å². The number of rotatable bonds is 5. The lowest BCUT2D eigenvalue weighted by atomic mass is 10.1. The molecule has 0 atom stereocenters. The molecule has 1 aromatic carbocycles. The predicted octanol–water partition coefficient (Wildman–Crippen LogP) is 2.84. The number of fused-ring (bicyclic) bond motifs is 1. The molecule has 1 aromatic heterocycles. The molecule has 0 spiro atoms. The average Bonchev–Trinajstić information content (AvgIpc) is 2.91. The molecule has 21 heavy (non-hydrogen) atoms. The van der Waals surface area contributed by atoms with Gasteiger partial charge in [0.15, 0.2) is 0 Å². The molecule has 1 aliphatic rings. The first-order valence-corrected chi connectivity index (χ1v) is 8.25. The topological polar surface area (TPSA) is 11.4 Å². The van der Waals surface area contributed by atoms with Crippen LogP contribution in [0.15, 0.2) is 30.5 Å². The molecule has 1 fully saturated rings. The van der Waals surface area contributed by atoms with Crippen molar-refractivity contribution in [2.24, 2.45) is 0 Å². The molecule has 3 heteroatoms. The molecule has 0 aliphatic carbocycles. The van der Waals surface area contributed by atoms with Gasteiger partial charge in [0.25, 0.3) is 0 Å². The number of likely N-dealkylation sites (N-methyl/N-ethyl adjacent to an activating group) is 1. The Morgan fingerprint density at radius 1 is 1.05 bits per heavy atom. The fraction of sp³-hybridized carbons (Fsp3) is 0.556. The molecule has 2 aromatic rings. The molecule has 0 bridgehead atoms. The van der Waals surface area contributed by atoms with Crippen molar-refractivity contribution in [3.63, 3.8) is 0 Å². The Balaban J connectivity index is 1.55. The lowest BCUT2D eigenvalue weighted by molar-refractivity contribution is 0.153. The molecule has 0 unspecified atom stereocenters. The van der Waals surface area contributed by atoms with Gasteiger partial charge in [-0.3, -0.25) is 0 Å². The van der Waals surface area contributed by atoms with Gasteiger partial charge in [-0.1, -0.05) is 12.1 Å². The fourth-order valence-electron chi connectivity index (χ4n) is 3.24. The number of hydrogen-bond donors (Lipinski definition) is 0. The predicted molar refractivity (Wildman–Crippen MR) is 89.9 cm³/mol. The number of aryl methyl sites for hydroxylation is 2. The summed E-state index contributed by atoms with van der Waals surface area (Å²) in [7, 11) is 2.22. The van der Waals surface area contributed by atoms with Crippen molar-refractivity contribution in [2.45, 2.75) is 26.3 Å². The summed E-state index contributed by atoms with van der Waals surface area (Å²) < 4.78 is 2.33. The van der Waals surface area contributed by atoms with E-state index in [4.69, 9.17) is 0 Å². The molecule has 0 amide bonds. The van der Waals surface area contributed by atoms with Crippen LogP contribution in [0.4, 0.5) is 0 Å². The minimum absolute atomic E-state index is 1.05. The Morgan fingerprint density at radius 2 is 1.86 bits per heavy atom. The van der Waals surface area contributed by atoms with Gasteiger partial charge in [0, 0.05) is 44.4 Å². The first-order valence-electron chi connectivity index (χ1n) is 8.25. The largest absolute Gasteiger partial charge is 0.348 e. The Morgan fingerprint density at radius 3 is 2.62 bits per heavy atom. The molecule has 2 heterocycles. The van der Waals surface area contributed by atoms with E-state index in [0.717, 1.165) is 6.54 Å². The van der Waals surface area contributed by atoms with Gasteiger partial charge in [0.2, 0.25) is 0 Å². The Labute approximate surface area is 128 Å². The van der Waals surface area contributed by atoms with Gasteiger partial charge in [0.1, 0.15) is 0 Å². The second-order valence-corrected chi connectivity index (χ2v) is 6.24. The van der Waals surface area contributed by atoms with Crippen LogP contribution < -0.4 is 0 Å². The van der Waals surface area contributed by atoms with E-state index in [-0.39, 0.29) is 0 Å². The minimum atomic E-state index is 1.05. The van der Waals surface area contributed by atoms with Crippen LogP contribution in [0.25, 0.3) is 10.9 Å². The summed E-state index contributed by atoms with van der Waals surface area (Å²) >= 11 is 0. The van der Waals surface area contributed by atoms with Crippen molar-refractivity contribution >= 4 is 10.9 Å². The van der Waals surface area contributed by atoms with Gasteiger partial charge < -0.3 is 14.4 Å². The summed E-state index contributed by atoms with van der Waals surface area (Å²) in [6, 6.07) is 9.16. The van der Waals surface area contributed by atoms with Crippen molar-refractivity contribution in [2.75, 3.05) is 39.8 Å². The molecule has 114 valence electrons. The Kier molecular flexibility index (Phi) is 4.61. The van der Waals surface area contributed by atoms with E-state index in [1.54, 1.807) is 0 Å². The van der Waals surface area contributed by atoms with Crippen LogP contribution >= 0.6 is 0 Å². The maximum absolute atomic E-state index is 2.60. The minimum Gasteiger partial charge on any atom is -0.348 e. The van der Waals surface area contributed by atoms with Crippen LogP contribution in [0, 0.1) is 0 Å². The summed E-state index contributed by atoms with van der Waals surface area (Å²) in [4.78, 5) is 5.02. The fourth-order valence-corrected chi connectivity index (χ4v) is 3.24. The zero-order valence-electron chi connectivity index (χ0n) is 13.4. The molecular formula is C18H27N3. The zero-order chi connectivity index (χ0) is 14.7. The maximum Gasteiger partial charge on any atom is 0.0482 e. The van der Waals surface area contributed by atoms with E-state index in [1.165, 1.54) is 62.0 Å². The van der Waals surface area contributed by atoms with Crippen molar-refractivity contribution in [1.82, 2.24) is 14.4 Å². The normalized spacial score (nSPS) is 17.6. The Bertz CT molecular complexity index is 579. The van der Waals surface area contributed by atoms with E-state index in [2.05, 4.69) is 58.8 Å². The van der Waals surface area contributed by atoms with Gasteiger partial charge in [-0.15, -0.1) is 0 Å². The van der Waals surface area contributed by atoms with E-state index in [1.807, 2.05) is 0 Å². The summed E-state index contributed by atoms with van der Waals surface area (Å²) in [5.41, 5.74) is 2.86. The van der Waals surface area contributed by atoms with E-state index >= 15 is 0 Å². The van der Waals surface area contributed by atoms with Gasteiger partial charge in [-0.05, 0) is 56.4 Å². The standard InChI is InChI=1S/C18H27N3/c1-3-21-10-8-17-7-6-16(15-18(17)21)5-4-9-20-13-11-19(2)12-14-20/h6-8,10,15H,3-5,9,11-14H2,1-2H3. The van der Waals surface area contributed by atoms with Crippen molar-refractivity contribution < 1.29 is 0 Å². The van der Waals surface area contributed by atoms with Crippen LogP contribution in [-0.2, 0) is 13.0 Å². The lowest BCUT2D eigenvalue weighted by Gasteiger charge is -2.32. The maximum atomic E-state index is 2.60. The van der Waals surface area contributed by atoms with Crippen molar-refractivity contribution in [1.29, 1.82) is 0 Å². The first kappa shape index (κ1) is 14.6. The second-order valence-electron chi connectivity index (χ2n) is 6.24. The number of piperazine rings is 1. The second kappa shape index (κ2) is 6.63. The Hall–Kier alpha value is -1.32. The summed E-state index contributed by atoms with van der Waals surface area (Å²) in [6.07, 6.45) is 4.65. The monoisotopic (exact) mass is 285 g/mol. The molecule has 3 nitrogen and oxygen atoms in total. The highest BCUT2D eigenvalue weighted by Crippen LogP contribution is 2.18. The highest BCUT2D eigenvalue weighted by molar-refractivity contribution is 5.80. The number of hydrogen-bond acceptors (Lipinski definition) is 2. The van der Waals surface area contributed by atoms with Crippen LogP contribution in [0.3, 0.4) is 0 Å².